The van der Waals surface area contributed by atoms with Crippen LogP contribution in [0, 0.1) is 11.3 Å². The van der Waals surface area contributed by atoms with Gasteiger partial charge in [-0.15, -0.1) is 0 Å². The number of nitrogens with one attached hydrogen (secondary N) is 1. The van der Waals surface area contributed by atoms with Crippen LogP contribution in [-0.4, -0.2) is 27.3 Å². The SMILES string of the molecule is COc1ccc(-c2ccc3ncc4[nH]nc(-c5ccc(C(C)(C)C#N)cc5)c4c3c2)cn1. The number of fused-ring (bicyclic) bond motifs is 3. The maximum absolute atomic E-state index is 9.42. The largest absolute Gasteiger partial charge is 0.481 e. The highest BCUT2D eigenvalue weighted by Crippen LogP contribution is 2.35. The summed E-state index contributed by atoms with van der Waals surface area (Å²) in [6, 6.07) is 20.4. The number of methoxy groups -OCH3 is 1. The van der Waals surface area contributed by atoms with Crippen molar-refractivity contribution >= 4 is 21.8 Å². The molecular formula is C26H21N5O. The molecule has 0 fully saturated rings. The highest BCUT2D eigenvalue weighted by Gasteiger charge is 2.20. The van der Waals surface area contributed by atoms with Gasteiger partial charge < -0.3 is 4.74 Å². The second kappa shape index (κ2) is 7.47. The number of ether oxygens (including phenoxy) is 1. The van der Waals surface area contributed by atoms with E-state index in [1.54, 1.807) is 13.3 Å². The minimum Gasteiger partial charge on any atom is -0.481 e. The summed E-state index contributed by atoms with van der Waals surface area (Å²) in [6.45, 7) is 3.83. The number of nitriles is 1. The Hall–Kier alpha value is -4.24. The Morgan fingerprint density at radius 2 is 1.66 bits per heavy atom. The van der Waals surface area contributed by atoms with E-state index in [0.29, 0.717) is 5.88 Å². The van der Waals surface area contributed by atoms with E-state index in [0.717, 1.165) is 49.8 Å². The zero-order valence-electron chi connectivity index (χ0n) is 18.0. The first-order valence-corrected chi connectivity index (χ1v) is 10.3. The fraction of sp³-hybridized carbons (Fsp3) is 0.154. The Bertz CT molecular complexity index is 1480. The summed E-state index contributed by atoms with van der Waals surface area (Å²) >= 11 is 0. The lowest BCUT2D eigenvalue weighted by molar-refractivity contribution is 0.398. The molecule has 1 N–H and O–H groups in total. The van der Waals surface area contributed by atoms with Gasteiger partial charge in [0.05, 0.1) is 35.8 Å². The number of H-pyrrole nitrogens is 1. The Morgan fingerprint density at radius 1 is 0.906 bits per heavy atom. The summed E-state index contributed by atoms with van der Waals surface area (Å²) in [5.74, 6) is 0.582. The van der Waals surface area contributed by atoms with Crippen molar-refractivity contribution in [2.75, 3.05) is 7.11 Å². The lowest BCUT2D eigenvalue weighted by atomic mass is 9.86. The van der Waals surface area contributed by atoms with Gasteiger partial charge in [0.2, 0.25) is 5.88 Å². The summed E-state index contributed by atoms with van der Waals surface area (Å²) in [6.07, 6.45) is 3.62. The summed E-state index contributed by atoms with van der Waals surface area (Å²) in [5.41, 5.74) is 6.09. The quantitative estimate of drug-likeness (QED) is 0.407. The minimum absolute atomic E-state index is 0.538. The van der Waals surface area contributed by atoms with E-state index >= 15 is 0 Å². The number of hydrogen-bond acceptors (Lipinski definition) is 5. The van der Waals surface area contributed by atoms with Gasteiger partial charge in [0.1, 0.15) is 5.69 Å². The van der Waals surface area contributed by atoms with Gasteiger partial charge in [-0.1, -0.05) is 30.3 Å². The number of hydrogen-bond donors (Lipinski definition) is 1. The van der Waals surface area contributed by atoms with Crippen molar-refractivity contribution in [2.24, 2.45) is 0 Å². The molecule has 2 aromatic carbocycles. The number of aromatic nitrogens is 4. The first-order chi connectivity index (χ1) is 15.5. The molecule has 5 aromatic rings. The van der Waals surface area contributed by atoms with Gasteiger partial charge >= 0.3 is 0 Å². The van der Waals surface area contributed by atoms with Crippen LogP contribution in [0.25, 0.3) is 44.2 Å². The number of benzene rings is 2. The molecule has 156 valence electrons. The molecule has 0 aliphatic rings. The third-order valence-corrected chi connectivity index (χ3v) is 5.83. The monoisotopic (exact) mass is 419 g/mol. The predicted molar refractivity (Wildman–Crippen MR) is 125 cm³/mol. The van der Waals surface area contributed by atoms with Crippen molar-refractivity contribution < 1.29 is 4.74 Å². The van der Waals surface area contributed by atoms with Crippen LogP contribution in [0.1, 0.15) is 19.4 Å². The van der Waals surface area contributed by atoms with Gasteiger partial charge in [0, 0.05) is 34.2 Å². The molecule has 0 aliphatic carbocycles. The van der Waals surface area contributed by atoms with Crippen LogP contribution < -0.4 is 4.74 Å². The maximum atomic E-state index is 9.42. The summed E-state index contributed by atoms with van der Waals surface area (Å²) < 4.78 is 5.17. The minimum atomic E-state index is -0.538. The molecule has 0 saturated carbocycles. The Balaban J connectivity index is 1.66. The molecule has 0 spiro atoms. The fourth-order valence-electron chi connectivity index (χ4n) is 3.87. The smallest absolute Gasteiger partial charge is 0.212 e. The molecule has 0 aliphatic heterocycles. The molecule has 5 rings (SSSR count). The Kier molecular flexibility index (Phi) is 4.60. The van der Waals surface area contributed by atoms with Gasteiger partial charge in [0.15, 0.2) is 0 Å². The van der Waals surface area contributed by atoms with Crippen molar-refractivity contribution in [2.45, 2.75) is 19.3 Å². The molecule has 0 radical (unpaired) electrons. The van der Waals surface area contributed by atoms with Gasteiger partial charge in [-0.2, -0.15) is 10.4 Å². The molecule has 0 amide bonds. The van der Waals surface area contributed by atoms with Gasteiger partial charge in [-0.05, 0) is 43.2 Å². The van der Waals surface area contributed by atoms with Gasteiger partial charge in [-0.3, -0.25) is 10.1 Å². The van der Waals surface area contributed by atoms with Crippen molar-refractivity contribution in [1.82, 2.24) is 20.2 Å². The van der Waals surface area contributed by atoms with Crippen molar-refractivity contribution in [3.8, 4) is 34.3 Å². The van der Waals surface area contributed by atoms with E-state index in [4.69, 9.17) is 4.74 Å². The highest BCUT2D eigenvalue weighted by atomic mass is 16.5. The third-order valence-electron chi connectivity index (χ3n) is 5.83. The zero-order valence-corrected chi connectivity index (χ0v) is 18.0. The maximum Gasteiger partial charge on any atom is 0.212 e. The van der Waals surface area contributed by atoms with Gasteiger partial charge in [-0.25, -0.2) is 4.98 Å². The van der Waals surface area contributed by atoms with Crippen LogP contribution in [-0.2, 0) is 5.41 Å². The molecule has 0 atom stereocenters. The van der Waals surface area contributed by atoms with Crippen molar-refractivity contribution in [1.29, 1.82) is 5.26 Å². The van der Waals surface area contributed by atoms with E-state index in [1.165, 1.54) is 0 Å². The molecule has 3 heterocycles. The standard InChI is InChI=1S/C26H21N5O/c1-26(2,15-27)19-8-4-16(5-9-19)25-24-20-12-17(18-7-11-23(32-3)29-13-18)6-10-21(20)28-14-22(24)30-31-25/h4-14H,1-3H3,(H,30,31). The number of nitrogens with zero attached hydrogens (tertiary/aromatic N) is 4. The molecule has 0 unspecified atom stereocenters. The zero-order chi connectivity index (χ0) is 22.3. The lowest BCUT2D eigenvalue weighted by Crippen LogP contribution is -2.13. The van der Waals surface area contributed by atoms with Crippen LogP contribution in [0.4, 0.5) is 0 Å². The topological polar surface area (TPSA) is 87.5 Å². The first-order valence-electron chi connectivity index (χ1n) is 10.3. The van der Waals surface area contributed by atoms with Crippen LogP contribution >= 0.6 is 0 Å². The third kappa shape index (κ3) is 3.25. The van der Waals surface area contributed by atoms with E-state index in [9.17, 15) is 5.26 Å². The molecule has 0 bridgehead atoms. The Labute approximate surface area is 185 Å². The van der Waals surface area contributed by atoms with Crippen molar-refractivity contribution in [3.63, 3.8) is 0 Å². The number of pyridine rings is 2. The van der Waals surface area contributed by atoms with E-state index in [1.807, 2.05) is 68.6 Å². The average molecular weight is 419 g/mol. The van der Waals surface area contributed by atoms with Crippen LogP contribution in [0.2, 0.25) is 0 Å². The highest BCUT2D eigenvalue weighted by molar-refractivity contribution is 6.11. The van der Waals surface area contributed by atoms with Crippen molar-refractivity contribution in [3.05, 3.63) is 72.6 Å². The normalized spacial score (nSPS) is 11.6. The molecule has 6 nitrogen and oxygen atoms in total. The van der Waals surface area contributed by atoms with E-state index < -0.39 is 5.41 Å². The van der Waals surface area contributed by atoms with Gasteiger partial charge in [0.25, 0.3) is 0 Å². The van der Waals surface area contributed by atoms with E-state index in [2.05, 4.69) is 32.3 Å². The average Bonchev–Trinajstić information content (AvgIpc) is 3.28. The van der Waals surface area contributed by atoms with E-state index in [-0.39, 0.29) is 0 Å². The molecule has 6 heteroatoms. The van der Waals surface area contributed by atoms with Crippen LogP contribution in [0.3, 0.4) is 0 Å². The summed E-state index contributed by atoms with van der Waals surface area (Å²) in [4.78, 5) is 8.92. The lowest BCUT2D eigenvalue weighted by Gasteiger charge is -2.15. The van der Waals surface area contributed by atoms with Crippen LogP contribution in [0.5, 0.6) is 5.88 Å². The Morgan fingerprint density at radius 3 is 2.34 bits per heavy atom. The first kappa shape index (κ1) is 19.7. The summed E-state index contributed by atoms with van der Waals surface area (Å²) in [5, 5.41) is 19.2. The molecule has 3 aromatic heterocycles. The molecule has 0 saturated heterocycles. The predicted octanol–water partition coefficient (Wildman–Crippen LogP) is 5.65. The fourth-order valence-corrected chi connectivity index (χ4v) is 3.87. The van der Waals surface area contributed by atoms with Crippen LogP contribution in [0.15, 0.2) is 67.0 Å². The second-order valence-electron chi connectivity index (χ2n) is 8.25. The number of rotatable bonds is 4. The number of aromatic amines is 1. The molecule has 32 heavy (non-hydrogen) atoms. The summed E-state index contributed by atoms with van der Waals surface area (Å²) in [7, 11) is 1.61. The second-order valence-corrected chi connectivity index (χ2v) is 8.25. The molecular weight excluding hydrogens is 398 g/mol.